The molecule has 0 bridgehead atoms. The Kier molecular flexibility index (Phi) is 5.12. The minimum Gasteiger partial charge on any atom is -0.371 e. The average molecular weight is 354 g/mol. The predicted molar refractivity (Wildman–Crippen MR) is 85.3 cm³/mol. The van der Waals surface area contributed by atoms with Gasteiger partial charge in [0.25, 0.3) is 5.56 Å². The Bertz CT molecular complexity index is 663. The molecule has 4 nitrogen and oxygen atoms in total. The predicted octanol–water partition coefficient (Wildman–Crippen LogP) is 3.04. The van der Waals surface area contributed by atoms with Crippen LogP contribution in [0.25, 0.3) is 0 Å². The van der Waals surface area contributed by atoms with Crippen molar-refractivity contribution < 1.29 is 4.39 Å². The molecule has 0 fully saturated rings. The monoisotopic (exact) mass is 353 g/mol. The van der Waals surface area contributed by atoms with Gasteiger partial charge in [-0.3, -0.25) is 4.79 Å². The minimum absolute atomic E-state index is 0.195. The molecule has 0 atom stereocenters. The molecule has 21 heavy (non-hydrogen) atoms. The van der Waals surface area contributed by atoms with Crippen molar-refractivity contribution in [1.82, 2.24) is 9.78 Å². The largest absolute Gasteiger partial charge is 0.371 e. The van der Waals surface area contributed by atoms with Gasteiger partial charge in [0, 0.05) is 23.6 Å². The van der Waals surface area contributed by atoms with E-state index in [2.05, 4.69) is 25.9 Å². The fourth-order valence-electron chi connectivity index (χ4n) is 2.18. The van der Waals surface area contributed by atoms with E-state index < -0.39 is 0 Å². The maximum Gasteiger partial charge on any atom is 0.269 e. The molecule has 0 radical (unpaired) electrons. The first-order chi connectivity index (χ1) is 10.0. The van der Waals surface area contributed by atoms with Gasteiger partial charge in [0.2, 0.25) is 0 Å². The van der Waals surface area contributed by atoms with Crippen LogP contribution >= 0.6 is 15.9 Å². The van der Waals surface area contributed by atoms with Crippen molar-refractivity contribution in [1.29, 1.82) is 0 Å². The second-order valence-electron chi connectivity index (χ2n) is 4.66. The van der Waals surface area contributed by atoms with E-state index >= 15 is 0 Å². The quantitative estimate of drug-likeness (QED) is 0.829. The molecule has 0 aliphatic rings. The fourth-order valence-corrected chi connectivity index (χ4v) is 2.69. The summed E-state index contributed by atoms with van der Waals surface area (Å²) in [6.07, 6.45) is 1.67. The van der Waals surface area contributed by atoms with Crippen LogP contribution < -0.4 is 10.5 Å². The molecule has 0 spiro atoms. The van der Waals surface area contributed by atoms with Crippen molar-refractivity contribution in [3.8, 4) is 0 Å². The maximum atomic E-state index is 13.3. The van der Waals surface area contributed by atoms with Gasteiger partial charge in [0.1, 0.15) is 5.82 Å². The van der Waals surface area contributed by atoms with Crippen LogP contribution in [0.5, 0.6) is 0 Å². The van der Waals surface area contributed by atoms with Crippen LogP contribution in [0.15, 0.2) is 39.7 Å². The minimum atomic E-state index is -0.341. The Morgan fingerprint density at radius 2 is 1.95 bits per heavy atom. The summed E-state index contributed by atoms with van der Waals surface area (Å²) in [4.78, 5) is 14.2. The first-order valence-corrected chi connectivity index (χ1v) is 7.60. The van der Waals surface area contributed by atoms with Crippen molar-refractivity contribution in [2.45, 2.75) is 20.4 Å². The molecule has 0 aliphatic heterocycles. The van der Waals surface area contributed by atoms with Crippen molar-refractivity contribution in [3.05, 3.63) is 56.7 Å². The smallest absolute Gasteiger partial charge is 0.269 e. The third kappa shape index (κ3) is 3.91. The van der Waals surface area contributed by atoms with E-state index in [0.29, 0.717) is 10.0 Å². The summed E-state index contributed by atoms with van der Waals surface area (Å²) in [5.74, 6) is -0.341. The van der Waals surface area contributed by atoms with E-state index in [0.717, 1.165) is 18.8 Å². The van der Waals surface area contributed by atoms with Gasteiger partial charge in [-0.05, 0) is 37.6 Å². The summed E-state index contributed by atoms with van der Waals surface area (Å²) < 4.78 is 15.3. The second kappa shape index (κ2) is 6.85. The lowest BCUT2D eigenvalue weighted by Crippen LogP contribution is -2.28. The molecule has 2 rings (SSSR count). The molecule has 112 valence electrons. The zero-order valence-corrected chi connectivity index (χ0v) is 13.6. The van der Waals surface area contributed by atoms with E-state index in [-0.39, 0.29) is 17.9 Å². The third-order valence-corrected chi connectivity index (χ3v) is 3.70. The average Bonchev–Trinajstić information content (AvgIpc) is 2.42. The highest BCUT2D eigenvalue weighted by atomic mass is 79.9. The number of halogens is 2. The molecule has 1 aromatic carbocycles. The van der Waals surface area contributed by atoms with Gasteiger partial charge in [-0.25, -0.2) is 9.07 Å². The van der Waals surface area contributed by atoms with Gasteiger partial charge in [0.15, 0.2) is 0 Å². The first-order valence-electron chi connectivity index (χ1n) is 6.80. The Balaban J connectivity index is 2.27. The van der Waals surface area contributed by atoms with Gasteiger partial charge >= 0.3 is 0 Å². The molecule has 0 unspecified atom stereocenters. The number of anilines is 1. The summed E-state index contributed by atoms with van der Waals surface area (Å²) in [6, 6.07) is 6.12. The van der Waals surface area contributed by atoms with E-state index in [4.69, 9.17) is 0 Å². The number of hydrogen-bond donors (Lipinski definition) is 0. The highest BCUT2D eigenvalue weighted by molar-refractivity contribution is 9.10. The molecule has 0 saturated carbocycles. The lowest BCUT2D eigenvalue weighted by molar-refractivity contribution is 0.609. The Morgan fingerprint density at radius 3 is 2.52 bits per heavy atom. The number of nitrogens with zero attached hydrogens (tertiary/aromatic N) is 3. The SMILES string of the molecule is CCN(CC)c1cnn(Cc2cc(F)cc(Br)c2)c(=O)c1. The highest BCUT2D eigenvalue weighted by Gasteiger charge is 2.07. The molecule has 1 aromatic heterocycles. The second-order valence-corrected chi connectivity index (χ2v) is 5.58. The summed E-state index contributed by atoms with van der Waals surface area (Å²) in [5, 5.41) is 4.17. The Labute approximate surface area is 131 Å². The molecule has 0 amide bonds. The summed E-state index contributed by atoms with van der Waals surface area (Å²) >= 11 is 3.24. The lowest BCUT2D eigenvalue weighted by Gasteiger charge is -2.20. The summed E-state index contributed by atoms with van der Waals surface area (Å²) in [5.41, 5.74) is 1.30. The van der Waals surface area contributed by atoms with Crippen molar-refractivity contribution >= 4 is 21.6 Å². The highest BCUT2D eigenvalue weighted by Crippen LogP contribution is 2.15. The van der Waals surface area contributed by atoms with Gasteiger partial charge in [-0.1, -0.05) is 15.9 Å². The van der Waals surface area contributed by atoms with Crippen LogP contribution in [0.1, 0.15) is 19.4 Å². The number of rotatable bonds is 5. The van der Waals surface area contributed by atoms with Crippen LogP contribution in [-0.2, 0) is 6.54 Å². The number of aromatic nitrogens is 2. The maximum absolute atomic E-state index is 13.3. The number of benzene rings is 1. The van der Waals surface area contributed by atoms with Crippen molar-refractivity contribution in [3.63, 3.8) is 0 Å². The van der Waals surface area contributed by atoms with Crippen molar-refractivity contribution in [2.24, 2.45) is 0 Å². The zero-order valence-electron chi connectivity index (χ0n) is 12.0. The molecular formula is C15H17BrFN3O. The lowest BCUT2D eigenvalue weighted by atomic mass is 10.2. The normalized spacial score (nSPS) is 10.7. The van der Waals surface area contributed by atoms with E-state index in [1.54, 1.807) is 18.3 Å². The Hall–Kier alpha value is -1.69. The standard InChI is InChI=1S/C15H17BrFN3O/c1-3-19(4-2)14-8-15(21)20(18-9-14)10-11-5-12(16)7-13(17)6-11/h5-9H,3-4,10H2,1-2H3. The molecule has 0 N–H and O–H groups in total. The van der Waals surface area contributed by atoms with Gasteiger partial charge in [-0.2, -0.15) is 5.10 Å². The van der Waals surface area contributed by atoms with Crippen LogP contribution in [-0.4, -0.2) is 22.9 Å². The fraction of sp³-hybridized carbons (Fsp3) is 0.333. The van der Waals surface area contributed by atoms with Gasteiger partial charge in [0.05, 0.1) is 18.4 Å². The topological polar surface area (TPSA) is 38.1 Å². The molecular weight excluding hydrogens is 337 g/mol. The van der Waals surface area contributed by atoms with Crippen LogP contribution in [0.4, 0.5) is 10.1 Å². The molecule has 2 aromatic rings. The molecule has 1 heterocycles. The zero-order chi connectivity index (χ0) is 15.4. The van der Waals surface area contributed by atoms with E-state index in [1.165, 1.54) is 16.8 Å². The van der Waals surface area contributed by atoms with Crippen LogP contribution in [0.3, 0.4) is 0 Å². The first kappa shape index (κ1) is 15.7. The third-order valence-electron chi connectivity index (χ3n) is 3.24. The van der Waals surface area contributed by atoms with E-state index in [9.17, 15) is 9.18 Å². The van der Waals surface area contributed by atoms with E-state index in [1.807, 2.05) is 13.8 Å². The van der Waals surface area contributed by atoms with Crippen molar-refractivity contribution in [2.75, 3.05) is 18.0 Å². The molecule has 6 heteroatoms. The molecule has 0 saturated heterocycles. The Morgan fingerprint density at radius 1 is 1.24 bits per heavy atom. The van der Waals surface area contributed by atoms with Gasteiger partial charge in [-0.15, -0.1) is 0 Å². The summed E-state index contributed by atoms with van der Waals surface area (Å²) in [7, 11) is 0. The summed E-state index contributed by atoms with van der Waals surface area (Å²) in [6.45, 7) is 5.93. The molecule has 0 aliphatic carbocycles. The number of hydrogen-bond acceptors (Lipinski definition) is 3. The van der Waals surface area contributed by atoms with Crippen LogP contribution in [0.2, 0.25) is 0 Å². The van der Waals surface area contributed by atoms with Gasteiger partial charge < -0.3 is 4.90 Å². The van der Waals surface area contributed by atoms with Crippen LogP contribution in [0, 0.1) is 5.82 Å².